The smallest absolute Gasteiger partial charge is 0.00451 e. The van der Waals surface area contributed by atoms with Gasteiger partial charge in [-0.3, -0.25) is 0 Å². The van der Waals surface area contributed by atoms with E-state index >= 15 is 0 Å². The highest BCUT2D eigenvalue weighted by atomic mass is 14.1. The van der Waals surface area contributed by atoms with E-state index in [4.69, 9.17) is 0 Å². The highest BCUT2D eigenvalue weighted by molar-refractivity contribution is 5.27. The van der Waals surface area contributed by atoms with Crippen LogP contribution < -0.4 is 0 Å². The number of hydrogen-bond acceptors (Lipinski definition) is 0. The van der Waals surface area contributed by atoms with Crippen LogP contribution in [0.2, 0.25) is 0 Å². The van der Waals surface area contributed by atoms with Gasteiger partial charge in [0.2, 0.25) is 0 Å². The molecular formula is C18H34. The van der Waals surface area contributed by atoms with Gasteiger partial charge in [-0.05, 0) is 25.8 Å². The first kappa shape index (κ1) is 22.2. The van der Waals surface area contributed by atoms with Gasteiger partial charge in [-0.2, -0.15) is 0 Å². The van der Waals surface area contributed by atoms with Gasteiger partial charge in [0.25, 0.3) is 0 Å². The van der Waals surface area contributed by atoms with Crippen molar-refractivity contribution in [2.24, 2.45) is 0 Å². The van der Waals surface area contributed by atoms with Crippen LogP contribution in [0.5, 0.6) is 0 Å². The van der Waals surface area contributed by atoms with Gasteiger partial charge in [0, 0.05) is 5.92 Å². The zero-order valence-corrected chi connectivity index (χ0v) is 11.5. The Morgan fingerprint density at radius 3 is 2.00 bits per heavy atom. The van der Waals surface area contributed by atoms with Crippen LogP contribution in [0.1, 0.15) is 73.8 Å². The molecular weight excluding hydrogens is 216 g/mol. The molecule has 0 nitrogen and oxygen atoms in total. The molecule has 1 aromatic rings. The molecule has 1 unspecified atom stereocenters. The van der Waals surface area contributed by atoms with Crippen LogP contribution in [0.4, 0.5) is 0 Å². The second kappa shape index (κ2) is 14.0. The molecule has 0 aromatic heterocycles. The number of allylic oxidation sites excluding steroid dienone is 2. The van der Waals surface area contributed by atoms with Crippen LogP contribution >= 0.6 is 0 Å². The molecule has 0 spiro atoms. The summed E-state index contributed by atoms with van der Waals surface area (Å²) in [5, 5.41) is 0. The summed E-state index contributed by atoms with van der Waals surface area (Å²) in [7, 11) is 0. The molecule has 0 heteroatoms. The maximum Gasteiger partial charge on any atom is 0.00451 e. The predicted octanol–water partition coefficient (Wildman–Crippen LogP) is 6.83. The Bertz CT molecular complexity index is 282. The summed E-state index contributed by atoms with van der Waals surface area (Å²) in [6, 6.07) is 10.8. The number of rotatable bonds is 4. The average Bonchev–Trinajstić information content (AvgIpc) is 2.38. The molecule has 1 rings (SSSR count). The summed E-state index contributed by atoms with van der Waals surface area (Å²) >= 11 is 0. The van der Waals surface area contributed by atoms with Gasteiger partial charge >= 0.3 is 0 Å². The lowest BCUT2D eigenvalue weighted by atomic mass is 9.88. The minimum absolute atomic E-state index is 0. The first-order valence-electron chi connectivity index (χ1n) is 6.47. The topological polar surface area (TPSA) is 0 Å². The summed E-state index contributed by atoms with van der Waals surface area (Å²) in [5.41, 5.74) is 2.93. The number of hydrogen-bond donors (Lipinski definition) is 0. The second-order valence-electron chi connectivity index (χ2n) is 3.78. The molecule has 18 heavy (non-hydrogen) atoms. The molecule has 0 fully saturated rings. The zero-order chi connectivity index (χ0) is 12.4. The lowest BCUT2D eigenvalue weighted by molar-refractivity contribution is 0.685. The van der Waals surface area contributed by atoms with Gasteiger partial charge in [0.05, 0.1) is 0 Å². The molecule has 0 heterocycles. The Kier molecular flexibility index (Phi) is 17.3. The molecule has 0 aliphatic heterocycles. The SMILES string of the molecule is C.C.C/C=C(\C)C(CCC)c1ccccc1.CC. The summed E-state index contributed by atoms with van der Waals surface area (Å²) in [4.78, 5) is 0. The van der Waals surface area contributed by atoms with Crippen LogP contribution in [0.3, 0.4) is 0 Å². The van der Waals surface area contributed by atoms with Crippen LogP contribution in [0.25, 0.3) is 0 Å². The van der Waals surface area contributed by atoms with Crippen molar-refractivity contribution in [3.05, 3.63) is 47.5 Å². The second-order valence-corrected chi connectivity index (χ2v) is 3.78. The Morgan fingerprint density at radius 2 is 1.61 bits per heavy atom. The van der Waals surface area contributed by atoms with E-state index in [9.17, 15) is 0 Å². The van der Waals surface area contributed by atoms with Crippen molar-refractivity contribution in [1.82, 2.24) is 0 Å². The molecule has 0 N–H and O–H groups in total. The number of benzene rings is 1. The fraction of sp³-hybridized carbons (Fsp3) is 0.556. The quantitative estimate of drug-likeness (QED) is 0.513. The van der Waals surface area contributed by atoms with E-state index in [1.54, 1.807) is 0 Å². The monoisotopic (exact) mass is 250 g/mol. The van der Waals surface area contributed by atoms with Crippen molar-refractivity contribution in [1.29, 1.82) is 0 Å². The van der Waals surface area contributed by atoms with Crippen LogP contribution in [-0.4, -0.2) is 0 Å². The van der Waals surface area contributed by atoms with Gasteiger partial charge in [-0.1, -0.05) is 84.0 Å². The first-order valence-corrected chi connectivity index (χ1v) is 6.47. The molecule has 0 radical (unpaired) electrons. The van der Waals surface area contributed by atoms with Crippen molar-refractivity contribution < 1.29 is 0 Å². The van der Waals surface area contributed by atoms with Crippen molar-refractivity contribution in [3.63, 3.8) is 0 Å². The molecule has 0 aliphatic carbocycles. The summed E-state index contributed by atoms with van der Waals surface area (Å²) in [5.74, 6) is 0.617. The normalized spacial score (nSPS) is 11.3. The van der Waals surface area contributed by atoms with Gasteiger partial charge in [-0.15, -0.1) is 0 Å². The molecule has 1 atom stereocenters. The third-order valence-corrected chi connectivity index (χ3v) is 2.78. The third-order valence-electron chi connectivity index (χ3n) is 2.78. The maximum atomic E-state index is 2.25. The van der Waals surface area contributed by atoms with Gasteiger partial charge in [0.1, 0.15) is 0 Å². The fourth-order valence-corrected chi connectivity index (χ4v) is 1.83. The standard InChI is InChI=1S/C14H20.C2H6.2CH4/c1-4-9-14(12(3)5-2)13-10-7-6-8-11-13;1-2;;/h5-8,10-11,14H,4,9H2,1-3H3;1-2H3;2*1H4/b12-5+;;;. The first-order chi connectivity index (χ1) is 7.79. The molecule has 0 bridgehead atoms. The van der Waals surface area contributed by atoms with E-state index in [0.29, 0.717) is 5.92 Å². The van der Waals surface area contributed by atoms with Gasteiger partial charge in [-0.25, -0.2) is 0 Å². The van der Waals surface area contributed by atoms with E-state index in [-0.39, 0.29) is 14.9 Å². The lowest BCUT2D eigenvalue weighted by Crippen LogP contribution is -1.99. The molecule has 0 saturated heterocycles. The van der Waals surface area contributed by atoms with E-state index < -0.39 is 0 Å². The molecule has 1 aromatic carbocycles. The van der Waals surface area contributed by atoms with Gasteiger partial charge in [0.15, 0.2) is 0 Å². The average molecular weight is 250 g/mol. The predicted molar refractivity (Wildman–Crippen MR) is 88.3 cm³/mol. The Hall–Kier alpha value is -1.04. The van der Waals surface area contributed by atoms with E-state index in [1.807, 2.05) is 13.8 Å². The zero-order valence-electron chi connectivity index (χ0n) is 11.5. The van der Waals surface area contributed by atoms with Crippen molar-refractivity contribution >= 4 is 0 Å². The largest absolute Gasteiger partial charge is 0.0881 e. The highest BCUT2D eigenvalue weighted by Gasteiger charge is 2.10. The molecule has 0 aliphatic rings. The minimum atomic E-state index is 0. The lowest BCUT2D eigenvalue weighted by Gasteiger charge is -2.17. The van der Waals surface area contributed by atoms with Gasteiger partial charge < -0.3 is 0 Å². The summed E-state index contributed by atoms with van der Waals surface area (Å²) in [6.07, 6.45) is 4.72. The Morgan fingerprint density at radius 1 is 1.11 bits per heavy atom. The van der Waals surface area contributed by atoms with Crippen molar-refractivity contribution in [2.45, 2.75) is 68.2 Å². The Balaban J connectivity index is -0.000000534. The summed E-state index contributed by atoms with van der Waals surface area (Å²) in [6.45, 7) is 10.6. The van der Waals surface area contributed by atoms with Crippen molar-refractivity contribution in [3.8, 4) is 0 Å². The Labute approximate surface area is 116 Å². The van der Waals surface area contributed by atoms with Crippen LogP contribution in [0.15, 0.2) is 42.0 Å². The van der Waals surface area contributed by atoms with E-state index in [2.05, 4.69) is 57.2 Å². The van der Waals surface area contributed by atoms with Crippen LogP contribution in [-0.2, 0) is 0 Å². The van der Waals surface area contributed by atoms with Crippen molar-refractivity contribution in [2.75, 3.05) is 0 Å². The molecule has 106 valence electrons. The third kappa shape index (κ3) is 7.32. The van der Waals surface area contributed by atoms with Crippen LogP contribution in [0, 0.1) is 0 Å². The summed E-state index contributed by atoms with van der Waals surface area (Å²) < 4.78 is 0. The molecule has 0 amide bonds. The maximum absolute atomic E-state index is 2.25. The van der Waals surface area contributed by atoms with E-state index in [1.165, 1.54) is 24.0 Å². The fourth-order valence-electron chi connectivity index (χ4n) is 1.83. The van der Waals surface area contributed by atoms with E-state index in [0.717, 1.165) is 0 Å². The molecule has 0 saturated carbocycles. The minimum Gasteiger partial charge on any atom is -0.0881 e. The highest BCUT2D eigenvalue weighted by Crippen LogP contribution is 2.28.